The van der Waals surface area contributed by atoms with E-state index in [1.165, 1.54) is 11.3 Å². The van der Waals surface area contributed by atoms with Gasteiger partial charge in [0.05, 0.1) is 10.4 Å². The van der Waals surface area contributed by atoms with E-state index in [1.54, 1.807) is 0 Å². The first-order valence-corrected chi connectivity index (χ1v) is 5.99. The molecule has 2 aromatic rings. The average Bonchev–Trinajstić information content (AvgIpc) is 2.84. The molecule has 15 heavy (non-hydrogen) atoms. The van der Waals surface area contributed by atoms with Gasteiger partial charge in [-0.3, -0.25) is 0 Å². The molecule has 2 heterocycles. The topological polar surface area (TPSA) is 39.2 Å². The molecule has 1 atom stereocenters. The van der Waals surface area contributed by atoms with Crippen molar-refractivity contribution < 1.29 is 4.42 Å². The molecule has 2 nitrogen and oxygen atoms in total. The zero-order chi connectivity index (χ0) is 10.8. The first kappa shape index (κ1) is 10.7. The van der Waals surface area contributed by atoms with Crippen LogP contribution in [0.25, 0.3) is 0 Å². The second kappa shape index (κ2) is 4.39. The molecular weight excluding hydrogens is 230 g/mol. The summed E-state index contributed by atoms with van der Waals surface area (Å²) in [6.07, 6.45) is 0.887. The monoisotopic (exact) mass is 241 g/mol. The number of aryl methyl sites for hydroxylation is 1. The maximum absolute atomic E-state index is 6.06. The summed E-state index contributed by atoms with van der Waals surface area (Å²) in [5.74, 6) is 1.76. The fraction of sp³-hybridized carbons (Fsp3) is 0.273. The van der Waals surface area contributed by atoms with E-state index in [4.69, 9.17) is 21.8 Å². The van der Waals surface area contributed by atoms with Crippen LogP contribution in [0.2, 0.25) is 4.34 Å². The number of hydrogen-bond acceptors (Lipinski definition) is 3. The normalized spacial score (nSPS) is 13.0. The fourth-order valence-corrected chi connectivity index (χ4v) is 2.46. The van der Waals surface area contributed by atoms with E-state index < -0.39 is 0 Å². The van der Waals surface area contributed by atoms with Crippen molar-refractivity contribution in [3.05, 3.63) is 45.0 Å². The van der Waals surface area contributed by atoms with E-state index in [0.29, 0.717) is 0 Å². The zero-order valence-electron chi connectivity index (χ0n) is 8.37. The minimum atomic E-state index is -0.206. The second-order valence-corrected chi connectivity index (χ2v) is 5.02. The smallest absolute Gasteiger partial charge is 0.126 e. The molecule has 0 aliphatic rings. The highest BCUT2D eigenvalue weighted by atomic mass is 35.5. The van der Waals surface area contributed by atoms with Crippen LogP contribution in [0.15, 0.2) is 28.7 Å². The van der Waals surface area contributed by atoms with Crippen LogP contribution >= 0.6 is 22.9 Å². The lowest BCUT2D eigenvalue weighted by Gasteiger charge is -2.05. The largest absolute Gasteiger partial charge is 0.464 e. The average molecular weight is 242 g/mol. The van der Waals surface area contributed by atoms with Crippen molar-refractivity contribution in [3.8, 4) is 0 Å². The minimum Gasteiger partial charge on any atom is -0.464 e. The molecule has 0 spiro atoms. The van der Waals surface area contributed by atoms with Gasteiger partial charge in [0, 0.05) is 11.3 Å². The van der Waals surface area contributed by atoms with E-state index >= 15 is 0 Å². The molecule has 4 heteroatoms. The van der Waals surface area contributed by atoms with E-state index in [9.17, 15) is 0 Å². The molecule has 2 rings (SSSR count). The molecule has 0 saturated carbocycles. The molecule has 0 fully saturated rings. The highest BCUT2D eigenvalue weighted by Crippen LogP contribution is 2.30. The number of halogens is 1. The predicted octanol–water partition coefficient (Wildman–Crippen LogP) is 3.61. The molecule has 0 amide bonds. The SMILES string of the molecule is CCc1ccc(C(N)c2ccc(Cl)s2)o1. The van der Waals surface area contributed by atoms with Gasteiger partial charge in [-0.25, -0.2) is 0 Å². The molecule has 0 radical (unpaired) electrons. The predicted molar refractivity (Wildman–Crippen MR) is 63.4 cm³/mol. The second-order valence-electron chi connectivity index (χ2n) is 3.28. The highest BCUT2D eigenvalue weighted by molar-refractivity contribution is 7.16. The highest BCUT2D eigenvalue weighted by Gasteiger charge is 2.14. The standard InChI is InChI=1S/C11H12ClNOS/c1-2-7-3-4-8(14-7)11(13)9-5-6-10(12)15-9/h3-6,11H,2,13H2,1H3. The molecule has 1 unspecified atom stereocenters. The summed E-state index contributed by atoms with van der Waals surface area (Å²) in [6, 6.07) is 7.47. The van der Waals surface area contributed by atoms with Crippen molar-refractivity contribution in [2.24, 2.45) is 5.73 Å². The molecule has 0 aliphatic heterocycles. The Morgan fingerprint density at radius 3 is 2.73 bits per heavy atom. The first-order valence-electron chi connectivity index (χ1n) is 4.80. The van der Waals surface area contributed by atoms with Gasteiger partial charge in [0.15, 0.2) is 0 Å². The molecule has 0 saturated heterocycles. The van der Waals surface area contributed by atoms with Gasteiger partial charge in [-0.1, -0.05) is 18.5 Å². The van der Waals surface area contributed by atoms with Crippen LogP contribution in [0.4, 0.5) is 0 Å². The van der Waals surface area contributed by atoms with Crippen molar-refractivity contribution in [3.63, 3.8) is 0 Å². The zero-order valence-corrected chi connectivity index (χ0v) is 9.94. The van der Waals surface area contributed by atoms with Crippen molar-refractivity contribution in [1.82, 2.24) is 0 Å². The Labute approximate surface area is 97.7 Å². The number of furan rings is 1. The van der Waals surface area contributed by atoms with E-state index in [1.807, 2.05) is 24.3 Å². The summed E-state index contributed by atoms with van der Waals surface area (Å²) >= 11 is 7.34. The van der Waals surface area contributed by atoms with Gasteiger partial charge in [0.25, 0.3) is 0 Å². The molecule has 0 aromatic carbocycles. The third kappa shape index (κ3) is 2.25. The summed E-state index contributed by atoms with van der Waals surface area (Å²) in [5, 5.41) is 0. The maximum atomic E-state index is 6.06. The van der Waals surface area contributed by atoms with Crippen LogP contribution in [0.3, 0.4) is 0 Å². The number of nitrogens with two attached hydrogens (primary N) is 1. The van der Waals surface area contributed by atoms with E-state index in [0.717, 1.165) is 27.2 Å². The van der Waals surface area contributed by atoms with E-state index in [-0.39, 0.29) is 6.04 Å². The Balaban J connectivity index is 2.23. The number of hydrogen-bond donors (Lipinski definition) is 1. The van der Waals surface area contributed by atoms with Crippen molar-refractivity contribution in [1.29, 1.82) is 0 Å². The Morgan fingerprint density at radius 2 is 2.20 bits per heavy atom. The molecule has 80 valence electrons. The quantitative estimate of drug-likeness (QED) is 0.892. The van der Waals surface area contributed by atoms with Crippen molar-refractivity contribution in [2.75, 3.05) is 0 Å². The van der Waals surface area contributed by atoms with Crippen LogP contribution in [0.1, 0.15) is 29.4 Å². The Bertz CT molecular complexity index is 449. The molecule has 0 aliphatic carbocycles. The van der Waals surface area contributed by atoms with Crippen molar-refractivity contribution >= 4 is 22.9 Å². The lowest BCUT2D eigenvalue weighted by atomic mass is 10.2. The van der Waals surface area contributed by atoms with Crippen molar-refractivity contribution in [2.45, 2.75) is 19.4 Å². The lowest BCUT2D eigenvalue weighted by molar-refractivity contribution is 0.455. The Morgan fingerprint density at radius 1 is 1.40 bits per heavy atom. The maximum Gasteiger partial charge on any atom is 0.126 e. The van der Waals surface area contributed by atoms with Gasteiger partial charge in [0.1, 0.15) is 11.5 Å². The lowest BCUT2D eigenvalue weighted by Crippen LogP contribution is -2.08. The van der Waals surface area contributed by atoms with Crippen LogP contribution in [0.5, 0.6) is 0 Å². The molecule has 0 bridgehead atoms. The number of thiophene rings is 1. The van der Waals surface area contributed by atoms with Crippen LogP contribution in [-0.4, -0.2) is 0 Å². The third-order valence-corrected chi connectivity index (χ3v) is 3.55. The van der Waals surface area contributed by atoms with Crippen LogP contribution in [-0.2, 0) is 6.42 Å². The Hall–Kier alpha value is -0.770. The summed E-state index contributed by atoms with van der Waals surface area (Å²) in [7, 11) is 0. The first-order chi connectivity index (χ1) is 7.20. The summed E-state index contributed by atoms with van der Waals surface area (Å²) in [5.41, 5.74) is 6.06. The van der Waals surface area contributed by atoms with Gasteiger partial charge in [-0.15, -0.1) is 11.3 Å². The fourth-order valence-electron chi connectivity index (χ4n) is 1.39. The number of rotatable bonds is 3. The summed E-state index contributed by atoms with van der Waals surface area (Å²) in [4.78, 5) is 1.03. The van der Waals surface area contributed by atoms with Crippen LogP contribution in [0, 0.1) is 0 Å². The molecule has 2 N–H and O–H groups in total. The summed E-state index contributed by atoms with van der Waals surface area (Å²) < 4.78 is 6.35. The van der Waals surface area contributed by atoms with Gasteiger partial charge < -0.3 is 10.2 Å². The van der Waals surface area contributed by atoms with Gasteiger partial charge in [-0.2, -0.15) is 0 Å². The van der Waals surface area contributed by atoms with Gasteiger partial charge in [0.2, 0.25) is 0 Å². The van der Waals surface area contributed by atoms with Gasteiger partial charge in [-0.05, 0) is 24.3 Å². The minimum absolute atomic E-state index is 0.206. The molecular formula is C11H12ClNOS. The third-order valence-electron chi connectivity index (χ3n) is 2.24. The van der Waals surface area contributed by atoms with Crippen LogP contribution < -0.4 is 5.73 Å². The molecule has 2 aromatic heterocycles. The van der Waals surface area contributed by atoms with Gasteiger partial charge >= 0.3 is 0 Å². The van der Waals surface area contributed by atoms with E-state index in [2.05, 4.69) is 6.92 Å². The Kier molecular flexibility index (Phi) is 3.14. The summed E-state index contributed by atoms with van der Waals surface area (Å²) in [6.45, 7) is 2.05.